The number of unbranched alkanes of at least 4 members (excludes halogenated alkanes) is 11. The molecule has 1 rings (SSSR count). The van der Waals surface area contributed by atoms with Gasteiger partial charge < -0.3 is 18.9 Å². The summed E-state index contributed by atoms with van der Waals surface area (Å²) < 4.78 is 27.1. The lowest BCUT2D eigenvalue weighted by atomic mass is 10.1. The van der Waals surface area contributed by atoms with Crippen LogP contribution in [0.1, 0.15) is 96.8 Å². The van der Waals surface area contributed by atoms with Crippen LogP contribution in [0.2, 0.25) is 0 Å². The molecule has 1 saturated heterocycles. The summed E-state index contributed by atoms with van der Waals surface area (Å²) >= 11 is 0. The van der Waals surface area contributed by atoms with Gasteiger partial charge in [0.05, 0.1) is 12.8 Å². The van der Waals surface area contributed by atoms with E-state index in [4.69, 9.17) is 13.8 Å². The minimum absolute atomic E-state index is 0.0929. The summed E-state index contributed by atoms with van der Waals surface area (Å²) in [5.41, 5.74) is 0. The quantitative estimate of drug-likeness (QED) is 0.125. The normalized spacial score (nSPS) is 24.4. The lowest BCUT2D eigenvalue weighted by Crippen LogP contribution is -2.41. The molecule has 30 heavy (non-hydrogen) atoms. The van der Waals surface area contributed by atoms with E-state index in [1.165, 1.54) is 64.9 Å². The Morgan fingerprint density at radius 2 is 1.57 bits per heavy atom. The zero-order chi connectivity index (χ0) is 22.1. The summed E-state index contributed by atoms with van der Waals surface area (Å²) in [6.45, 7) is 2.16. The maximum absolute atomic E-state index is 11.9. The van der Waals surface area contributed by atoms with Crippen molar-refractivity contribution in [2.24, 2.45) is 0 Å². The molecule has 176 valence electrons. The second kappa shape index (κ2) is 16.9. The van der Waals surface area contributed by atoms with Crippen LogP contribution >= 0.6 is 7.60 Å². The molecule has 7 heteroatoms. The fourth-order valence-electron chi connectivity index (χ4n) is 3.51. The third-order valence-electron chi connectivity index (χ3n) is 5.48. The Morgan fingerprint density at radius 3 is 2.13 bits per heavy atom. The van der Waals surface area contributed by atoms with E-state index in [2.05, 4.69) is 19.1 Å². The molecule has 3 atom stereocenters. The third kappa shape index (κ3) is 12.9. The molecule has 0 aromatic carbocycles. The predicted molar refractivity (Wildman–Crippen MR) is 121 cm³/mol. The van der Waals surface area contributed by atoms with E-state index in [9.17, 15) is 14.5 Å². The first-order valence-corrected chi connectivity index (χ1v) is 13.6. The molecule has 0 spiro atoms. The number of ether oxygens (including phenoxy) is 1. The van der Waals surface area contributed by atoms with Crippen molar-refractivity contribution in [2.45, 2.75) is 109 Å². The van der Waals surface area contributed by atoms with Crippen LogP contribution in [-0.2, 0) is 23.1 Å². The van der Waals surface area contributed by atoms with Crippen LogP contribution in [0, 0.1) is 0 Å². The number of esters is 1. The zero-order valence-electron chi connectivity index (χ0n) is 19.1. The van der Waals surface area contributed by atoms with Gasteiger partial charge in [-0.2, -0.15) is 0 Å². The summed E-state index contributed by atoms with van der Waals surface area (Å²) in [4.78, 5) is 11.9. The molecule has 1 heterocycles. The van der Waals surface area contributed by atoms with E-state index in [1.54, 1.807) is 0 Å². The Hall–Kier alpha value is -0.680. The molecule has 1 unspecified atom stereocenters. The van der Waals surface area contributed by atoms with E-state index < -0.39 is 19.8 Å². The van der Waals surface area contributed by atoms with Crippen LogP contribution in [-0.4, -0.2) is 43.2 Å². The largest absolute Gasteiger partial charge is 0.457 e. The molecule has 0 saturated carbocycles. The summed E-state index contributed by atoms with van der Waals surface area (Å²) in [7, 11) is -1.95. The molecule has 1 aliphatic heterocycles. The van der Waals surface area contributed by atoms with Crippen LogP contribution in [0.15, 0.2) is 12.2 Å². The van der Waals surface area contributed by atoms with Gasteiger partial charge in [0.2, 0.25) is 0 Å². The van der Waals surface area contributed by atoms with Gasteiger partial charge in [0.25, 0.3) is 0 Å². The highest BCUT2D eigenvalue weighted by molar-refractivity contribution is 7.53. The van der Waals surface area contributed by atoms with Gasteiger partial charge in [-0.15, -0.1) is 0 Å². The molecule has 0 aliphatic carbocycles. The summed E-state index contributed by atoms with van der Waals surface area (Å²) in [6.07, 6.45) is 18.8. The molecular weight excluding hydrogens is 403 g/mol. The third-order valence-corrected chi connectivity index (χ3v) is 7.40. The van der Waals surface area contributed by atoms with Crippen molar-refractivity contribution in [3.8, 4) is 0 Å². The molecule has 0 aromatic rings. The highest BCUT2D eigenvalue weighted by Gasteiger charge is 2.39. The molecule has 1 N–H and O–H groups in total. The van der Waals surface area contributed by atoms with Gasteiger partial charge in [-0.3, -0.25) is 9.36 Å². The Bertz CT molecular complexity index is 522. The maximum Gasteiger partial charge on any atom is 0.333 e. The van der Waals surface area contributed by atoms with Crippen molar-refractivity contribution in [3.05, 3.63) is 12.2 Å². The molecule has 6 nitrogen and oxygen atoms in total. The minimum atomic E-state index is -3.23. The Morgan fingerprint density at radius 1 is 1.00 bits per heavy atom. The topological polar surface area (TPSA) is 82.1 Å². The number of aliphatic hydroxyl groups excluding tert-OH is 1. The Balaban J connectivity index is 1.93. The molecule has 0 amide bonds. The van der Waals surface area contributed by atoms with Gasteiger partial charge in [-0.25, -0.2) is 0 Å². The molecule has 0 radical (unpaired) electrons. The highest BCUT2D eigenvalue weighted by Crippen LogP contribution is 2.51. The fraction of sp³-hybridized carbons (Fsp3) is 0.870. The van der Waals surface area contributed by atoms with Crippen LogP contribution in [0.4, 0.5) is 0 Å². The summed E-state index contributed by atoms with van der Waals surface area (Å²) in [5.74, 6) is -0.338. The monoisotopic (exact) mass is 446 g/mol. The van der Waals surface area contributed by atoms with Crippen molar-refractivity contribution in [2.75, 3.05) is 19.9 Å². The SMILES string of the molecule is CCCCCCCC/C=C\CCCCCCCC(=O)O[C@@H]1COP(=O)(OC)C[C@@H]1O. The number of carbonyl (C=O) groups is 1. The van der Waals surface area contributed by atoms with E-state index >= 15 is 0 Å². The molecule has 1 aliphatic rings. The van der Waals surface area contributed by atoms with Crippen LogP contribution < -0.4 is 0 Å². The van der Waals surface area contributed by atoms with Crippen molar-refractivity contribution in [3.63, 3.8) is 0 Å². The van der Waals surface area contributed by atoms with Gasteiger partial charge in [-0.1, -0.05) is 70.4 Å². The maximum atomic E-state index is 11.9. The highest BCUT2D eigenvalue weighted by atomic mass is 31.2. The standard InChI is InChI=1S/C23H43O6P/c1-3-4-5-6-7-8-9-10-11-12-13-14-15-16-17-18-23(25)29-22-19-28-30(26,27-2)20-21(22)24/h10-11,21-22,24H,3-9,12-20H2,1-2H3/b11-10-/t21-,22+,30?/m0/s1. The van der Waals surface area contributed by atoms with E-state index in [0.717, 1.165) is 25.7 Å². The number of hydrogen-bond donors (Lipinski definition) is 1. The van der Waals surface area contributed by atoms with E-state index in [1.807, 2.05) is 0 Å². The smallest absolute Gasteiger partial charge is 0.333 e. The minimum Gasteiger partial charge on any atom is -0.457 e. The van der Waals surface area contributed by atoms with Crippen LogP contribution in [0.3, 0.4) is 0 Å². The van der Waals surface area contributed by atoms with E-state index in [-0.39, 0.29) is 18.7 Å². The van der Waals surface area contributed by atoms with Crippen molar-refractivity contribution >= 4 is 13.6 Å². The summed E-state index contributed by atoms with van der Waals surface area (Å²) in [6, 6.07) is 0. The first-order chi connectivity index (χ1) is 14.5. The first-order valence-electron chi connectivity index (χ1n) is 11.8. The van der Waals surface area contributed by atoms with Gasteiger partial charge in [-0.05, 0) is 32.1 Å². The van der Waals surface area contributed by atoms with Gasteiger partial charge in [0, 0.05) is 13.5 Å². The number of hydrogen-bond acceptors (Lipinski definition) is 6. The lowest BCUT2D eigenvalue weighted by molar-refractivity contribution is -0.158. The lowest BCUT2D eigenvalue weighted by Gasteiger charge is -2.31. The zero-order valence-corrected chi connectivity index (χ0v) is 20.0. The van der Waals surface area contributed by atoms with E-state index in [0.29, 0.717) is 6.42 Å². The number of aliphatic hydroxyl groups is 1. The Kier molecular flexibility index (Phi) is 15.4. The fourth-order valence-corrected chi connectivity index (χ4v) is 4.93. The first kappa shape index (κ1) is 27.4. The molecule has 0 aromatic heterocycles. The average molecular weight is 447 g/mol. The second-order valence-electron chi connectivity index (χ2n) is 8.20. The van der Waals surface area contributed by atoms with Crippen molar-refractivity contribution in [1.82, 2.24) is 0 Å². The second-order valence-corrected chi connectivity index (χ2v) is 10.4. The summed E-state index contributed by atoms with van der Waals surface area (Å²) in [5, 5.41) is 9.97. The van der Waals surface area contributed by atoms with Gasteiger partial charge in [0.15, 0.2) is 6.10 Å². The molecule has 1 fully saturated rings. The van der Waals surface area contributed by atoms with Gasteiger partial charge >= 0.3 is 13.6 Å². The van der Waals surface area contributed by atoms with Crippen molar-refractivity contribution in [1.29, 1.82) is 0 Å². The molecule has 0 bridgehead atoms. The Labute approximate surface area is 183 Å². The number of rotatable bonds is 17. The molecular formula is C23H43O6P. The van der Waals surface area contributed by atoms with Crippen LogP contribution in [0.25, 0.3) is 0 Å². The van der Waals surface area contributed by atoms with Gasteiger partial charge in [0.1, 0.15) is 6.10 Å². The average Bonchev–Trinajstić information content (AvgIpc) is 2.73. The number of carbonyl (C=O) groups excluding carboxylic acids is 1. The number of allylic oxidation sites excluding steroid dienone is 2. The van der Waals surface area contributed by atoms with Crippen LogP contribution in [0.5, 0.6) is 0 Å². The predicted octanol–water partition coefficient (Wildman–Crippen LogP) is 6.17. The van der Waals surface area contributed by atoms with Crippen molar-refractivity contribution < 1.29 is 28.3 Å².